The Kier molecular flexibility index (Phi) is 5.15. The van der Waals surface area contributed by atoms with Gasteiger partial charge in [0, 0.05) is 19.1 Å². The molecule has 0 saturated heterocycles. The number of nitrogens with two attached hydrogens (primary N) is 1. The van der Waals surface area contributed by atoms with Gasteiger partial charge in [-0.15, -0.1) is 0 Å². The summed E-state index contributed by atoms with van der Waals surface area (Å²) in [5, 5.41) is 3.33. The molecule has 1 aromatic rings. The van der Waals surface area contributed by atoms with Gasteiger partial charge < -0.3 is 15.8 Å². The number of nitrogens with one attached hydrogen (secondary N) is 1. The van der Waals surface area contributed by atoms with E-state index in [9.17, 15) is 0 Å². The molecular weight excluding hydrogens is 188 g/mol. The molecule has 1 atom stereocenters. The van der Waals surface area contributed by atoms with Crippen molar-refractivity contribution < 1.29 is 4.74 Å². The summed E-state index contributed by atoms with van der Waals surface area (Å²) >= 11 is 0. The fourth-order valence-electron chi connectivity index (χ4n) is 1.44. The van der Waals surface area contributed by atoms with Crippen molar-refractivity contribution >= 4 is 0 Å². The third kappa shape index (κ3) is 3.90. The average molecular weight is 208 g/mol. The lowest BCUT2D eigenvalue weighted by molar-refractivity contribution is 0.340. The number of hydrogen-bond acceptors (Lipinski definition) is 3. The highest BCUT2D eigenvalue weighted by Gasteiger charge is 2.03. The molecule has 0 aromatic heterocycles. The smallest absolute Gasteiger partial charge is 0.119 e. The Bertz CT molecular complexity index is 271. The van der Waals surface area contributed by atoms with Crippen molar-refractivity contribution in [2.24, 2.45) is 5.73 Å². The SMILES string of the molecule is CCOc1ccc(C(C)NCCN)cc1. The second-order valence-electron chi connectivity index (χ2n) is 3.47. The zero-order valence-electron chi connectivity index (χ0n) is 9.49. The monoisotopic (exact) mass is 208 g/mol. The molecule has 0 saturated carbocycles. The highest BCUT2D eigenvalue weighted by Crippen LogP contribution is 2.17. The average Bonchev–Trinajstić information content (AvgIpc) is 2.27. The Balaban J connectivity index is 2.54. The van der Waals surface area contributed by atoms with Crippen LogP contribution in [-0.4, -0.2) is 19.7 Å². The van der Waals surface area contributed by atoms with E-state index in [0.717, 1.165) is 12.3 Å². The van der Waals surface area contributed by atoms with Crippen LogP contribution in [0, 0.1) is 0 Å². The largest absolute Gasteiger partial charge is 0.494 e. The number of ether oxygens (including phenoxy) is 1. The molecule has 0 spiro atoms. The minimum Gasteiger partial charge on any atom is -0.494 e. The van der Waals surface area contributed by atoms with Crippen molar-refractivity contribution in [3.05, 3.63) is 29.8 Å². The standard InChI is InChI=1S/C12H20N2O/c1-3-15-12-6-4-11(5-7-12)10(2)14-9-8-13/h4-7,10,14H,3,8-9,13H2,1-2H3. The van der Waals surface area contributed by atoms with E-state index < -0.39 is 0 Å². The van der Waals surface area contributed by atoms with Crippen LogP contribution in [-0.2, 0) is 0 Å². The predicted molar refractivity (Wildman–Crippen MR) is 63.1 cm³/mol. The van der Waals surface area contributed by atoms with Crippen LogP contribution in [0.5, 0.6) is 5.75 Å². The molecule has 0 fully saturated rings. The van der Waals surface area contributed by atoms with Gasteiger partial charge in [-0.2, -0.15) is 0 Å². The highest BCUT2D eigenvalue weighted by molar-refractivity contribution is 5.28. The lowest BCUT2D eigenvalue weighted by atomic mass is 10.1. The van der Waals surface area contributed by atoms with E-state index in [1.54, 1.807) is 0 Å². The molecule has 1 unspecified atom stereocenters. The Morgan fingerprint density at radius 1 is 1.33 bits per heavy atom. The van der Waals surface area contributed by atoms with E-state index in [1.807, 2.05) is 19.1 Å². The van der Waals surface area contributed by atoms with Gasteiger partial charge in [0.25, 0.3) is 0 Å². The molecular formula is C12H20N2O. The molecule has 0 aliphatic rings. The van der Waals surface area contributed by atoms with Crippen LogP contribution >= 0.6 is 0 Å². The predicted octanol–water partition coefficient (Wildman–Crippen LogP) is 1.69. The highest BCUT2D eigenvalue weighted by atomic mass is 16.5. The minimum atomic E-state index is 0.337. The molecule has 0 bridgehead atoms. The molecule has 3 N–H and O–H groups in total. The molecule has 84 valence electrons. The molecule has 15 heavy (non-hydrogen) atoms. The third-order valence-corrected chi connectivity index (χ3v) is 2.29. The van der Waals surface area contributed by atoms with Crippen molar-refractivity contribution in [1.29, 1.82) is 0 Å². The molecule has 3 heteroatoms. The van der Waals surface area contributed by atoms with Crippen LogP contribution in [0.15, 0.2) is 24.3 Å². The Labute approximate surface area is 91.6 Å². The molecule has 3 nitrogen and oxygen atoms in total. The van der Waals surface area contributed by atoms with Crippen LogP contribution in [0.1, 0.15) is 25.5 Å². The van der Waals surface area contributed by atoms with Crippen LogP contribution in [0.3, 0.4) is 0 Å². The lowest BCUT2D eigenvalue weighted by Gasteiger charge is -2.14. The zero-order valence-corrected chi connectivity index (χ0v) is 9.49. The summed E-state index contributed by atoms with van der Waals surface area (Å²) in [7, 11) is 0. The van der Waals surface area contributed by atoms with E-state index in [1.165, 1.54) is 5.56 Å². The normalized spacial score (nSPS) is 12.5. The summed E-state index contributed by atoms with van der Waals surface area (Å²) in [5.41, 5.74) is 6.69. The van der Waals surface area contributed by atoms with E-state index in [4.69, 9.17) is 10.5 Å². The van der Waals surface area contributed by atoms with Gasteiger partial charge >= 0.3 is 0 Å². The Morgan fingerprint density at radius 2 is 2.00 bits per heavy atom. The van der Waals surface area contributed by atoms with Crippen LogP contribution in [0.4, 0.5) is 0 Å². The quantitative estimate of drug-likeness (QED) is 0.748. The Morgan fingerprint density at radius 3 is 2.53 bits per heavy atom. The number of rotatable bonds is 6. The van der Waals surface area contributed by atoms with Crippen LogP contribution in [0.2, 0.25) is 0 Å². The second-order valence-corrected chi connectivity index (χ2v) is 3.47. The first-order valence-electron chi connectivity index (χ1n) is 5.44. The first-order chi connectivity index (χ1) is 7.27. The summed E-state index contributed by atoms with van der Waals surface area (Å²) in [5.74, 6) is 0.923. The maximum Gasteiger partial charge on any atom is 0.119 e. The topological polar surface area (TPSA) is 47.3 Å². The van der Waals surface area contributed by atoms with E-state index >= 15 is 0 Å². The van der Waals surface area contributed by atoms with Gasteiger partial charge in [-0.1, -0.05) is 12.1 Å². The summed E-state index contributed by atoms with van der Waals surface area (Å²) in [6.07, 6.45) is 0. The van der Waals surface area contributed by atoms with Gasteiger partial charge in [0.05, 0.1) is 6.61 Å². The van der Waals surface area contributed by atoms with Gasteiger partial charge in [0.2, 0.25) is 0 Å². The molecule has 0 radical (unpaired) electrons. The van der Waals surface area contributed by atoms with Gasteiger partial charge in [-0.3, -0.25) is 0 Å². The molecule has 1 aromatic carbocycles. The van der Waals surface area contributed by atoms with Crippen LogP contribution in [0.25, 0.3) is 0 Å². The van der Waals surface area contributed by atoms with Gasteiger partial charge in [-0.05, 0) is 31.5 Å². The minimum absolute atomic E-state index is 0.337. The number of benzene rings is 1. The molecule has 0 aliphatic heterocycles. The summed E-state index contributed by atoms with van der Waals surface area (Å²) < 4.78 is 5.38. The van der Waals surface area contributed by atoms with E-state index in [0.29, 0.717) is 19.2 Å². The van der Waals surface area contributed by atoms with Crippen molar-refractivity contribution in [1.82, 2.24) is 5.32 Å². The second kappa shape index (κ2) is 6.43. The first kappa shape index (κ1) is 12.0. The van der Waals surface area contributed by atoms with Crippen molar-refractivity contribution in [3.8, 4) is 5.75 Å². The van der Waals surface area contributed by atoms with Gasteiger partial charge in [0.15, 0.2) is 0 Å². The summed E-state index contributed by atoms with van der Waals surface area (Å²) in [6, 6.07) is 8.50. The summed E-state index contributed by atoms with van der Waals surface area (Å²) in [6.45, 7) is 6.33. The Hall–Kier alpha value is -1.06. The molecule has 1 rings (SSSR count). The van der Waals surface area contributed by atoms with Gasteiger partial charge in [0.1, 0.15) is 5.75 Å². The van der Waals surface area contributed by atoms with Crippen molar-refractivity contribution in [3.63, 3.8) is 0 Å². The maximum atomic E-state index is 5.44. The molecule has 0 aliphatic carbocycles. The van der Waals surface area contributed by atoms with Crippen LogP contribution < -0.4 is 15.8 Å². The molecule has 0 heterocycles. The first-order valence-corrected chi connectivity index (χ1v) is 5.44. The fourth-order valence-corrected chi connectivity index (χ4v) is 1.44. The van der Waals surface area contributed by atoms with Crippen molar-refractivity contribution in [2.75, 3.05) is 19.7 Å². The van der Waals surface area contributed by atoms with E-state index in [-0.39, 0.29) is 0 Å². The van der Waals surface area contributed by atoms with Gasteiger partial charge in [-0.25, -0.2) is 0 Å². The third-order valence-electron chi connectivity index (χ3n) is 2.29. The van der Waals surface area contributed by atoms with Crippen molar-refractivity contribution in [2.45, 2.75) is 19.9 Å². The number of hydrogen-bond donors (Lipinski definition) is 2. The lowest BCUT2D eigenvalue weighted by Crippen LogP contribution is -2.25. The fraction of sp³-hybridized carbons (Fsp3) is 0.500. The zero-order chi connectivity index (χ0) is 11.1. The molecule has 0 amide bonds. The maximum absolute atomic E-state index is 5.44. The van der Waals surface area contributed by atoms with E-state index in [2.05, 4.69) is 24.4 Å². The summed E-state index contributed by atoms with van der Waals surface area (Å²) in [4.78, 5) is 0.